The van der Waals surface area contributed by atoms with Crippen LogP contribution >= 0.6 is 0 Å². The van der Waals surface area contributed by atoms with E-state index in [1.165, 1.54) is 24.9 Å². The van der Waals surface area contributed by atoms with Gasteiger partial charge in [-0.2, -0.15) is 17.9 Å². The lowest BCUT2D eigenvalue weighted by Crippen LogP contribution is -2.46. The molecule has 0 bridgehead atoms. The molecule has 0 heterocycles. The number of nitrogens with zero attached hydrogens (tertiary/aromatic N) is 1. The first-order valence-corrected chi connectivity index (χ1v) is 10.5. The van der Waals surface area contributed by atoms with E-state index >= 15 is 0 Å². The van der Waals surface area contributed by atoms with Crippen molar-refractivity contribution in [3.05, 3.63) is 59.7 Å². The summed E-state index contributed by atoms with van der Waals surface area (Å²) in [4.78, 5) is 12.8. The lowest BCUT2D eigenvalue weighted by Gasteiger charge is -2.23. The Hall–Kier alpha value is -2.59. The predicted octanol–water partition coefficient (Wildman–Crippen LogP) is 3.22. The van der Waals surface area contributed by atoms with Gasteiger partial charge in [-0.25, -0.2) is 8.42 Å². The lowest BCUT2D eigenvalue weighted by atomic mass is 10.2. The minimum atomic E-state index is -4.84. The Balaban J connectivity index is 1.99. The van der Waals surface area contributed by atoms with Crippen LogP contribution in [0.3, 0.4) is 0 Å². The molecule has 0 spiro atoms. The molecule has 2 aromatic rings. The fraction of sp³-hybridized carbons (Fsp3) is 0.350. The van der Waals surface area contributed by atoms with Gasteiger partial charge in [0.2, 0.25) is 15.9 Å². The van der Waals surface area contributed by atoms with Gasteiger partial charge in [-0.3, -0.25) is 4.79 Å². The smallest absolute Gasteiger partial charge is 0.417 e. The number of alkyl halides is 3. The van der Waals surface area contributed by atoms with E-state index in [-0.39, 0.29) is 13.2 Å². The van der Waals surface area contributed by atoms with Crippen LogP contribution in [0.1, 0.15) is 18.1 Å². The number of carbonyl (C=O) groups excluding carboxylic acids is 1. The number of carbonyl (C=O) groups is 1. The zero-order valence-corrected chi connectivity index (χ0v) is 17.5. The van der Waals surface area contributed by atoms with E-state index in [1.807, 2.05) is 23.8 Å². The molecule has 1 amide bonds. The Labute approximate surface area is 173 Å². The molecular formula is C20H23F3N2O4S. The topological polar surface area (TPSA) is 75.7 Å². The summed E-state index contributed by atoms with van der Waals surface area (Å²) in [6.45, 7) is 3.54. The number of rotatable bonds is 8. The quantitative estimate of drug-likeness (QED) is 0.679. The zero-order chi connectivity index (χ0) is 22.5. The maximum Gasteiger partial charge on any atom is 0.417 e. The molecule has 0 aliphatic rings. The number of ether oxygens (including phenoxy) is 1. The molecule has 0 aliphatic carbocycles. The van der Waals surface area contributed by atoms with Crippen LogP contribution in [0.5, 0.6) is 5.75 Å². The number of hydrogen-bond donors (Lipinski definition) is 1. The van der Waals surface area contributed by atoms with Crippen LogP contribution in [0.4, 0.5) is 13.2 Å². The van der Waals surface area contributed by atoms with Gasteiger partial charge in [0.15, 0.2) is 0 Å². The standard InChI is InChI=1S/C20H23F3N2O4S/c1-14-8-10-16(11-9-14)29-13-12-25(3)19(26)15(2)24-30(27,28)18-7-5-4-6-17(18)20(21,22)23/h4-11,15,24H,12-13H2,1-3H3/t15-/m0/s1. The van der Waals surface area contributed by atoms with Crippen LogP contribution in [-0.2, 0) is 21.0 Å². The van der Waals surface area contributed by atoms with Gasteiger partial charge in [-0.15, -0.1) is 0 Å². The molecule has 0 aromatic heterocycles. The number of aryl methyl sites for hydroxylation is 1. The van der Waals surface area contributed by atoms with Crippen molar-refractivity contribution in [2.24, 2.45) is 0 Å². The van der Waals surface area contributed by atoms with Crippen molar-refractivity contribution in [1.29, 1.82) is 0 Å². The van der Waals surface area contributed by atoms with E-state index in [0.717, 1.165) is 17.7 Å². The van der Waals surface area contributed by atoms with Gasteiger partial charge in [0.1, 0.15) is 12.4 Å². The minimum absolute atomic E-state index is 0.165. The van der Waals surface area contributed by atoms with E-state index in [0.29, 0.717) is 11.8 Å². The summed E-state index contributed by atoms with van der Waals surface area (Å²) >= 11 is 0. The Bertz CT molecular complexity index is 976. The Morgan fingerprint density at radius 3 is 2.33 bits per heavy atom. The van der Waals surface area contributed by atoms with E-state index in [9.17, 15) is 26.4 Å². The van der Waals surface area contributed by atoms with Crippen molar-refractivity contribution in [2.75, 3.05) is 20.2 Å². The minimum Gasteiger partial charge on any atom is -0.492 e. The molecule has 0 fully saturated rings. The highest BCUT2D eigenvalue weighted by Crippen LogP contribution is 2.33. The lowest BCUT2D eigenvalue weighted by molar-refractivity contribution is -0.139. The van der Waals surface area contributed by atoms with Crippen molar-refractivity contribution in [1.82, 2.24) is 9.62 Å². The third-order valence-corrected chi connectivity index (χ3v) is 5.88. The highest BCUT2D eigenvalue weighted by atomic mass is 32.2. The van der Waals surface area contributed by atoms with E-state index in [1.54, 1.807) is 12.1 Å². The molecule has 0 saturated carbocycles. The average Bonchev–Trinajstić information content (AvgIpc) is 2.67. The Kier molecular flexibility index (Phi) is 7.49. The largest absolute Gasteiger partial charge is 0.492 e. The Morgan fingerprint density at radius 2 is 1.73 bits per heavy atom. The second-order valence-corrected chi connectivity index (χ2v) is 8.44. The van der Waals surface area contributed by atoms with Crippen molar-refractivity contribution < 1.29 is 31.1 Å². The molecule has 10 heteroatoms. The van der Waals surface area contributed by atoms with Crippen LogP contribution < -0.4 is 9.46 Å². The van der Waals surface area contributed by atoms with Crippen molar-refractivity contribution in [3.8, 4) is 5.75 Å². The van der Waals surface area contributed by atoms with Gasteiger partial charge >= 0.3 is 6.18 Å². The second kappa shape index (κ2) is 9.48. The summed E-state index contributed by atoms with van der Waals surface area (Å²) in [7, 11) is -3.11. The van der Waals surface area contributed by atoms with Crippen LogP contribution in [-0.4, -0.2) is 45.5 Å². The molecule has 0 unspecified atom stereocenters. The SMILES string of the molecule is Cc1ccc(OCCN(C)C(=O)[C@H](C)NS(=O)(=O)c2ccccc2C(F)(F)F)cc1. The van der Waals surface area contributed by atoms with Gasteiger partial charge in [0.25, 0.3) is 0 Å². The number of benzene rings is 2. The first kappa shape index (κ1) is 23.7. The number of amides is 1. The summed E-state index contributed by atoms with van der Waals surface area (Å²) in [5.41, 5.74) is -0.222. The highest BCUT2D eigenvalue weighted by molar-refractivity contribution is 7.89. The number of likely N-dealkylation sites (N-methyl/N-ethyl adjacent to an activating group) is 1. The van der Waals surface area contributed by atoms with E-state index in [4.69, 9.17) is 4.74 Å². The molecule has 6 nitrogen and oxygen atoms in total. The number of halogens is 3. The van der Waals surface area contributed by atoms with E-state index < -0.39 is 38.6 Å². The summed E-state index contributed by atoms with van der Waals surface area (Å²) in [6.07, 6.45) is -4.84. The highest BCUT2D eigenvalue weighted by Gasteiger charge is 2.37. The molecule has 1 atom stereocenters. The van der Waals surface area contributed by atoms with Gasteiger partial charge in [0, 0.05) is 7.05 Å². The molecule has 0 saturated heterocycles. The maximum atomic E-state index is 13.1. The third-order valence-electron chi connectivity index (χ3n) is 4.28. The molecule has 164 valence electrons. The molecule has 0 aliphatic heterocycles. The van der Waals surface area contributed by atoms with Crippen LogP contribution in [0.25, 0.3) is 0 Å². The third kappa shape index (κ3) is 6.20. The van der Waals surface area contributed by atoms with Crippen molar-refractivity contribution in [3.63, 3.8) is 0 Å². The second-order valence-electron chi connectivity index (χ2n) is 6.76. The maximum absolute atomic E-state index is 13.1. The van der Waals surface area contributed by atoms with Gasteiger partial charge < -0.3 is 9.64 Å². The summed E-state index contributed by atoms with van der Waals surface area (Å²) < 4.78 is 71.8. The summed E-state index contributed by atoms with van der Waals surface area (Å²) in [5.74, 6) is 0.0227. The Morgan fingerprint density at radius 1 is 1.13 bits per heavy atom. The summed E-state index contributed by atoms with van der Waals surface area (Å²) in [6, 6.07) is 9.86. The van der Waals surface area contributed by atoms with Gasteiger partial charge in [-0.05, 0) is 38.1 Å². The first-order valence-electron chi connectivity index (χ1n) is 9.05. The molecule has 30 heavy (non-hydrogen) atoms. The molecule has 2 rings (SSSR count). The number of sulfonamides is 1. The predicted molar refractivity (Wildman–Crippen MR) is 106 cm³/mol. The molecule has 2 aromatic carbocycles. The van der Waals surface area contributed by atoms with Crippen molar-refractivity contribution in [2.45, 2.75) is 31.0 Å². The van der Waals surface area contributed by atoms with Gasteiger partial charge in [0.05, 0.1) is 23.0 Å². The molecular weight excluding hydrogens is 421 g/mol. The van der Waals surface area contributed by atoms with Crippen LogP contribution in [0.15, 0.2) is 53.4 Å². The zero-order valence-electron chi connectivity index (χ0n) is 16.7. The summed E-state index contributed by atoms with van der Waals surface area (Å²) in [5, 5.41) is 0. The fourth-order valence-corrected chi connectivity index (χ4v) is 4.08. The molecule has 1 N–H and O–H groups in total. The van der Waals surface area contributed by atoms with E-state index in [2.05, 4.69) is 0 Å². The number of hydrogen-bond acceptors (Lipinski definition) is 4. The number of nitrogens with one attached hydrogen (secondary N) is 1. The average molecular weight is 444 g/mol. The van der Waals surface area contributed by atoms with Crippen molar-refractivity contribution >= 4 is 15.9 Å². The van der Waals surface area contributed by atoms with Crippen LogP contribution in [0, 0.1) is 6.92 Å². The normalized spacial score (nSPS) is 13.0. The van der Waals surface area contributed by atoms with Crippen LogP contribution in [0.2, 0.25) is 0 Å². The van der Waals surface area contributed by atoms with Gasteiger partial charge in [-0.1, -0.05) is 29.8 Å². The fourth-order valence-electron chi connectivity index (χ4n) is 2.66. The monoisotopic (exact) mass is 444 g/mol. The molecule has 0 radical (unpaired) electrons. The first-order chi connectivity index (χ1) is 13.9.